The largest absolute Gasteiger partial charge is 0.485 e. The lowest BCUT2D eigenvalue weighted by Gasteiger charge is -2.30. The highest BCUT2D eigenvalue weighted by molar-refractivity contribution is 9.10. The molecule has 0 amide bonds. The average Bonchev–Trinajstić information content (AvgIpc) is 3.63. The van der Waals surface area contributed by atoms with Gasteiger partial charge in [-0.15, -0.1) is 0 Å². The van der Waals surface area contributed by atoms with Crippen LogP contribution >= 0.6 is 27.7 Å². The molecule has 226 valence electrons. The molecule has 6 rings (SSSR count). The Bertz CT molecular complexity index is 1320. The summed E-state index contributed by atoms with van der Waals surface area (Å²) in [4.78, 5) is 13.0. The minimum Gasteiger partial charge on any atom is -0.485 e. The molecule has 1 saturated carbocycles. The van der Waals surface area contributed by atoms with E-state index in [1.165, 1.54) is 94.6 Å². The number of unbranched alkanes of at least 4 members (excludes halogenated alkanes) is 9. The van der Waals surface area contributed by atoms with Crippen LogP contribution in [0.25, 0.3) is 10.9 Å². The van der Waals surface area contributed by atoms with E-state index in [1.807, 2.05) is 11.8 Å². The van der Waals surface area contributed by atoms with Gasteiger partial charge in [-0.05, 0) is 64.7 Å². The van der Waals surface area contributed by atoms with Gasteiger partial charge in [0.25, 0.3) is 0 Å². The summed E-state index contributed by atoms with van der Waals surface area (Å²) in [6.45, 7) is 4.88. The lowest BCUT2D eigenvalue weighted by atomic mass is 10.1. The molecule has 3 aromatic rings. The maximum atomic E-state index is 6.62. The SMILES string of the molecule is CCCCCCCCCCCCSc1nc(N2C[C@@H]3C[C@H]2CN3)c2cc(C3CC3)c(Br)c(OCc3ccccc3)c2n1. The molecule has 5 nitrogen and oxygen atoms in total. The highest BCUT2D eigenvalue weighted by Gasteiger charge is 2.40. The molecule has 3 fully saturated rings. The Balaban J connectivity index is 1.20. The van der Waals surface area contributed by atoms with Crippen molar-refractivity contribution >= 4 is 44.4 Å². The molecular formula is C35H47BrN4OS. The van der Waals surface area contributed by atoms with Crippen molar-refractivity contribution in [1.29, 1.82) is 0 Å². The summed E-state index contributed by atoms with van der Waals surface area (Å²) < 4.78 is 7.70. The third-order valence-electron chi connectivity index (χ3n) is 9.17. The molecule has 0 radical (unpaired) electrons. The minimum atomic E-state index is 0.509. The summed E-state index contributed by atoms with van der Waals surface area (Å²) in [7, 11) is 0. The Kier molecular flexibility index (Phi) is 10.6. The van der Waals surface area contributed by atoms with Gasteiger partial charge in [0.15, 0.2) is 10.9 Å². The summed E-state index contributed by atoms with van der Waals surface area (Å²) in [6.07, 6.45) is 17.3. The van der Waals surface area contributed by atoms with Gasteiger partial charge in [0.05, 0.1) is 4.47 Å². The summed E-state index contributed by atoms with van der Waals surface area (Å²) >= 11 is 5.80. The van der Waals surface area contributed by atoms with E-state index in [9.17, 15) is 0 Å². The Labute approximate surface area is 265 Å². The molecule has 7 heteroatoms. The predicted molar refractivity (Wildman–Crippen MR) is 180 cm³/mol. The molecule has 0 spiro atoms. The summed E-state index contributed by atoms with van der Waals surface area (Å²) in [5.74, 6) is 3.65. The van der Waals surface area contributed by atoms with Crippen LogP contribution in [0.1, 0.15) is 107 Å². The van der Waals surface area contributed by atoms with Crippen LogP contribution in [-0.4, -0.2) is 40.9 Å². The number of ether oxygens (including phenoxy) is 1. The number of halogens is 1. The van der Waals surface area contributed by atoms with Crippen LogP contribution in [0.15, 0.2) is 46.0 Å². The zero-order chi connectivity index (χ0) is 28.7. The molecular weight excluding hydrogens is 604 g/mol. The van der Waals surface area contributed by atoms with Crippen molar-refractivity contribution < 1.29 is 4.74 Å². The van der Waals surface area contributed by atoms with Crippen LogP contribution in [0.2, 0.25) is 0 Å². The van der Waals surface area contributed by atoms with E-state index in [-0.39, 0.29) is 0 Å². The highest BCUT2D eigenvalue weighted by Crippen LogP contribution is 2.50. The lowest BCUT2D eigenvalue weighted by molar-refractivity contribution is 0.307. The van der Waals surface area contributed by atoms with E-state index in [0.29, 0.717) is 24.6 Å². The average molecular weight is 652 g/mol. The van der Waals surface area contributed by atoms with Crippen molar-refractivity contribution in [3.8, 4) is 5.75 Å². The summed E-state index contributed by atoms with van der Waals surface area (Å²) in [5.41, 5.74) is 3.47. The van der Waals surface area contributed by atoms with Gasteiger partial charge >= 0.3 is 0 Å². The van der Waals surface area contributed by atoms with Crippen molar-refractivity contribution in [1.82, 2.24) is 15.3 Å². The summed E-state index contributed by atoms with van der Waals surface area (Å²) in [5, 5.41) is 5.71. The van der Waals surface area contributed by atoms with Gasteiger partial charge in [0.1, 0.15) is 17.9 Å². The molecule has 0 unspecified atom stereocenters. The van der Waals surface area contributed by atoms with Crippen molar-refractivity contribution in [2.75, 3.05) is 23.7 Å². The van der Waals surface area contributed by atoms with Gasteiger partial charge in [-0.3, -0.25) is 0 Å². The quantitative estimate of drug-likeness (QED) is 0.0892. The number of thioether (sulfide) groups is 1. The van der Waals surface area contributed by atoms with Gasteiger partial charge in [-0.2, -0.15) is 0 Å². The number of benzene rings is 2. The van der Waals surface area contributed by atoms with Crippen LogP contribution in [0, 0.1) is 0 Å². The number of aromatic nitrogens is 2. The lowest BCUT2D eigenvalue weighted by Crippen LogP contribution is -2.44. The third-order valence-corrected chi connectivity index (χ3v) is 10.9. The summed E-state index contributed by atoms with van der Waals surface area (Å²) in [6, 6.07) is 13.9. The van der Waals surface area contributed by atoms with Gasteiger partial charge < -0.3 is 15.0 Å². The minimum absolute atomic E-state index is 0.509. The first-order chi connectivity index (χ1) is 20.7. The molecule has 2 saturated heterocycles. The number of fused-ring (bicyclic) bond motifs is 3. The number of piperazine rings is 1. The molecule has 2 atom stereocenters. The molecule has 42 heavy (non-hydrogen) atoms. The number of nitrogens with one attached hydrogen (secondary N) is 1. The fraction of sp³-hybridized carbons (Fsp3) is 0.600. The van der Waals surface area contributed by atoms with E-state index < -0.39 is 0 Å². The molecule has 3 aliphatic rings. The van der Waals surface area contributed by atoms with E-state index >= 15 is 0 Å². The molecule has 2 bridgehead atoms. The van der Waals surface area contributed by atoms with Crippen LogP contribution in [0.3, 0.4) is 0 Å². The Morgan fingerprint density at radius 1 is 0.976 bits per heavy atom. The van der Waals surface area contributed by atoms with Crippen LogP contribution < -0.4 is 15.0 Å². The first kappa shape index (κ1) is 30.2. The second-order valence-electron chi connectivity index (χ2n) is 12.6. The zero-order valence-corrected chi connectivity index (χ0v) is 27.7. The second-order valence-corrected chi connectivity index (χ2v) is 14.4. The third kappa shape index (κ3) is 7.44. The van der Waals surface area contributed by atoms with E-state index in [2.05, 4.69) is 69.5 Å². The Morgan fingerprint density at radius 3 is 2.38 bits per heavy atom. The highest BCUT2D eigenvalue weighted by atomic mass is 79.9. The first-order valence-electron chi connectivity index (χ1n) is 16.5. The van der Waals surface area contributed by atoms with Crippen LogP contribution in [0.4, 0.5) is 5.82 Å². The van der Waals surface area contributed by atoms with Gasteiger partial charge in [-0.25, -0.2) is 9.97 Å². The van der Waals surface area contributed by atoms with Crippen LogP contribution in [-0.2, 0) is 6.61 Å². The van der Waals surface area contributed by atoms with E-state index in [1.54, 1.807) is 0 Å². The van der Waals surface area contributed by atoms with Crippen molar-refractivity contribution in [2.24, 2.45) is 0 Å². The van der Waals surface area contributed by atoms with Gasteiger partial charge in [0, 0.05) is 36.3 Å². The number of nitrogens with zero attached hydrogens (tertiary/aromatic N) is 3. The molecule has 2 aliphatic heterocycles. The fourth-order valence-electron chi connectivity index (χ4n) is 6.61. The molecule has 1 aromatic heterocycles. The Morgan fingerprint density at radius 2 is 1.71 bits per heavy atom. The Hall–Kier alpha value is -1.83. The molecule has 1 N–H and O–H groups in total. The number of hydrogen-bond acceptors (Lipinski definition) is 6. The zero-order valence-electron chi connectivity index (χ0n) is 25.3. The van der Waals surface area contributed by atoms with Gasteiger partial charge in [-0.1, -0.05) is 107 Å². The first-order valence-corrected chi connectivity index (χ1v) is 18.3. The smallest absolute Gasteiger partial charge is 0.190 e. The maximum Gasteiger partial charge on any atom is 0.190 e. The van der Waals surface area contributed by atoms with Crippen LogP contribution in [0.5, 0.6) is 5.75 Å². The predicted octanol–water partition coefficient (Wildman–Crippen LogP) is 9.41. The maximum absolute atomic E-state index is 6.62. The van der Waals surface area contributed by atoms with Gasteiger partial charge in [0.2, 0.25) is 0 Å². The number of anilines is 1. The number of hydrogen-bond donors (Lipinski definition) is 1. The topological polar surface area (TPSA) is 50.3 Å². The van der Waals surface area contributed by atoms with E-state index in [0.717, 1.165) is 50.9 Å². The monoisotopic (exact) mass is 650 g/mol. The standard InChI is InChI=1S/C35H47BrN4OS/c1-2-3-4-5-6-7-8-9-10-14-19-42-35-38-32-30(34(39-35)40-23-27-20-28(40)22-37-27)21-29(26-17-18-26)31(36)33(32)41-24-25-15-12-11-13-16-25/h11-13,15-16,21,26-28,37H,2-10,14,17-20,22-24H2,1H3/t27-,28-/m0/s1. The normalized spacial score (nSPS) is 19.7. The molecule has 3 heterocycles. The van der Waals surface area contributed by atoms with Crippen molar-refractivity contribution in [2.45, 2.75) is 120 Å². The van der Waals surface area contributed by atoms with E-state index in [4.69, 9.17) is 14.7 Å². The van der Waals surface area contributed by atoms with Crippen molar-refractivity contribution in [3.05, 3.63) is 52.0 Å². The second kappa shape index (κ2) is 14.8. The molecule has 2 aromatic carbocycles. The molecule has 1 aliphatic carbocycles. The number of rotatable bonds is 17. The van der Waals surface area contributed by atoms with Crippen molar-refractivity contribution in [3.63, 3.8) is 0 Å². The fourth-order valence-corrected chi connectivity index (χ4v) is 8.19.